The number of fused-ring (bicyclic) bond motifs is 1. The number of nitrogens with zero attached hydrogens (tertiary/aromatic N) is 3. The summed E-state index contributed by atoms with van der Waals surface area (Å²) in [6.07, 6.45) is 5.07. The van der Waals surface area contributed by atoms with Crippen molar-refractivity contribution in [1.29, 1.82) is 0 Å². The van der Waals surface area contributed by atoms with Crippen LogP contribution in [0.2, 0.25) is 0 Å². The van der Waals surface area contributed by atoms with Crippen molar-refractivity contribution < 1.29 is 24.1 Å². The Bertz CT molecular complexity index is 893. The summed E-state index contributed by atoms with van der Waals surface area (Å²) in [7, 11) is 2.15. The van der Waals surface area contributed by atoms with Gasteiger partial charge in [0.15, 0.2) is 0 Å². The van der Waals surface area contributed by atoms with Gasteiger partial charge in [-0.2, -0.15) is 0 Å². The van der Waals surface area contributed by atoms with Crippen LogP contribution in [0, 0.1) is 11.8 Å². The van der Waals surface area contributed by atoms with Gasteiger partial charge in [0.25, 0.3) is 0 Å². The molecule has 9 atom stereocenters. The summed E-state index contributed by atoms with van der Waals surface area (Å²) < 4.78 is 17.4. The largest absolute Gasteiger partial charge is 0.390 e. The molecule has 0 spiro atoms. The van der Waals surface area contributed by atoms with E-state index in [4.69, 9.17) is 14.2 Å². The van der Waals surface area contributed by atoms with Gasteiger partial charge >= 0.3 is 0 Å². The average molecular weight is 609 g/mol. The predicted octanol–water partition coefficient (Wildman–Crippen LogP) is -1.90. The number of carbonyl (C=O) groups excluding carboxylic acids is 1. The van der Waals surface area contributed by atoms with E-state index in [1.54, 1.807) is 0 Å². The Morgan fingerprint density at radius 3 is 2.65 bits per heavy atom. The normalized spacial score (nSPS) is 39.2. The van der Waals surface area contributed by atoms with Crippen molar-refractivity contribution in [1.82, 2.24) is 41.3 Å². The number of piperidine rings is 1. The minimum Gasteiger partial charge on any atom is -0.390 e. The number of piperazine rings is 1. The number of hydrogen-bond acceptors (Lipinski definition) is 12. The fourth-order valence-corrected chi connectivity index (χ4v) is 7.66. The molecule has 1 amide bonds. The molecule has 6 N–H and O–H groups in total. The predicted molar refractivity (Wildman–Crippen MR) is 162 cm³/mol. The number of likely N-dealkylation sites (tertiary alicyclic amines) is 1. The lowest BCUT2D eigenvalue weighted by atomic mass is 9.74. The van der Waals surface area contributed by atoms with Gasteiger partial charge in [-0.1, -0.05) is 0 Å². The van der Waals surface area contributed by atoms with E-state index in [2.05, 4.69) is 55.3 Å². The maximum absolute atomic E-state index is 13.3. The highest BCUT2D eigenvalue weighted by molar-refractivity contribution is 5.82. The molecule has 6 fully saturated rings. The van der Waals surface area contributed by atoms with Crippen LogP contribution in [0.3, 0.4) is 0 Å². The van der Waals surface area contributed by atoms with Crippen LogP contribution >= 0.6 is 0 Å². The van der Waals surface area contributed by atoms with Gasteiger partial charge in [0.05, 0.1) is 63.1 Å². The van der Waals surface area contributed by atoms with Gasteiger partial charge in [-0.15, -0.1) is 0 Å². The monoisotopic (exact) mass is 608 g/mol. The van der Waals surface area contributed by atoms with Crippen molar-refractivity contribution in [2.24, 2.45) is 11.8 Å². The van der Waals surface area contributed by atoms with Crippen LogP contribution in [0.25, 0.3) is 0 Å². The summed E-state index contributed by atoms with van der Waals surface area (Å²) in [5.74, 6) is 1.32. The highest BCUT2D eigenvalue weighted by Gasteiger charge is 2.38. The Balaban J connectivity index is 0.917. The minimum atomic E-state index is -0.585. The molecule has 0 aromatic carbocycles. The highest BCUT2D eigenvalue weighted by Crippen LogP contribution is 2.37. The van der Waals surface area contributed by atoms with E-state index in [-0.39, 0.29) is 37.1 Å². The SMILES string of the molecule is CC1NCOC1COC1CCC2CN(C[C@@H](O)CNC(=O)C3CC(NC4COC4)NC(N4CCN(C)CC4)N3)CCC2C1. The number of nitrogens with one attached hydrogen (secondary N) is 5. The molecular formula is C30H56N8O5. The molecule has 0 bridgehead atoms. The molecule has 246 valence electrons. The first-order valence-electron chi connectivity index (χ1n) is 16.8. The zero-order valence-electron chi connectivity index (χ0n) is 26.2. The molecule has 6 rings (SSSR count). The van der Waals surface area contributed by atoms with E-state index in [1.807, 2.05) is 0 Å². The molecule has 13 nitrogen and oxygen atoms in total. The second-order valence-electron chi connectivity index (χ2n) is 13.9. The molecule has 8 unspecified atom stereocenters. The molecule has 43 heavy (non-hydrogen) atoms. The van der Waals surface area contributed by atoms with Crippen molar-refractivity contribution in [3.05, 3.63) is 0 Å². The molecule has 0 aromatic rings. The van der Waals surface area contributed by atoms with E-state index in [1.165, 1.54) is 6.42 Å². The summed E-state index contributed by atoms with van der Waals surface area (Å²) in [6, 6.07) is 0.352. The van der Waals surface area contributed by atoms with E-state index < -0.39 is 6.10 Å². The lowest BCUT2D eigenvalue weighted by molar-refractivity contribution is -0.126. The topological polar surface area (TPSA) is 135 Å². The van der Waals surface area contributed by atoms with E-state index in [0.717, 1.165) is 58.5 Å². The molecule has 5 heterocycles. The molecule has 1 saturated carbocycles. The van der Waals surface area contributed by atoms with Crippen LogP contribution in [0.15, 0.2) is 0 Å². The van der Waals surface area contributed by atoms with Crippen molar-refractivity contribution in [2.45, 2.75) is 87.9 Å². The van der Waals surface area contributed by atoms with Crippen LogP contribution in [0.4, 0.5) is 0 Å². The number of aliphatic hydroxyl groups is 1. The Morgan fingerprint density at radius 2 is 1.91 bits per heavy atom. The summed E-state index contributed by atoms with van der Waals surface area (Å²) in [6.45, 7) is 11.7. The number of β-amino-alcohol motifs (C(OH)–C–C–N with tert-alkyl or cyclic N) is 1. The fourth-order valence-electron chi connectivity index (χ4n) is 7.66. The van der Waals surface area contributed by atoms with Gasteiger partial charge in [0, 0.05) is 58.3 Å². The third-order valence-corrected chi connectivity index (χ3v) is 10.6. The van der Waals surface area contributed by atoms with Crippen LogP contribution < -0.4 is 26.6 Å². The summed E-state index contributed by atoms with van der Waals surface area (Å²) in [5.41, 5.74) is 0. The number of rotatable bonds is 11. The third-order valence-electron chi connectivity index (χ3n) is 10.6. The molecule has 6 aliphatic rings. The first kappa shape index (κ1) is 32.0. The lowest BCUT2D eigenvalue weighted by Crippen LogP contribution is -2.73. The van der Waals surface area contributed by atoms with Crippen LogP contribution in [-0.2, 0) is 19.0 Å². The molecule has 13 heteroatoms. The van der Waals surface area contributed by atoms with Crippen LogP contribution in [-0.4, -0.2) is 161 Å². The van der Waals surface area contributed by atoms with Crippen LogP contribution in [0.1, 0.15) is 39.0 Å². The molecule has 1 aliphatic carbocycles. The van der Waals surface area contributed by atoms with Gasteiger partial charge in [0.1, 0.15) is 6.29 Å². The van der Waals surface area contributed by atoms with Crippen LogP contribution in [0.5, 0.6) is 0 Å². The number of carbonyl (C=O) groups is 1. The smallest absolute Gasteiger partial charge is 0.237 e. The number of likely N-dealkylation sites (N-methyl/N-ethyl adjacent to an activating group) is 1. The lowest BCUT2D eigenvalue weighted by Gasteiger charge is -2.46. The molecular weight excluding hydrogens is 552 g/mol. The van der Waals surface area contributed by atoms with Crippen molar-refractivity contribution in [3.8, 4) is 0 Å². The van der Waals surface area contributed by atoms with Crippen molar-refractivity contribution in [3.63, 3.8) is 0 Å². The van der Waals surface area contributed by atoms with E-state index in [0.29, 0.717) is 69.5 Å². The summed E-state index contributed by atoms with van der Waals surface area (Å²) in [5, 5.41) is 28.1. The van der Waals surface area contributed by atoms with Gasteiger partial charge in [-0.3, -0.25) is 31.0 Å². The molecule has 0 aromatic heterocycles. The Hall–Kier alpha value is -0.970. The second-order valence-corrected chi connectivity index (χ2v) is 13.9. The zero-order chi connectivity index (χ0) is 29.8. The Kier molecular flexibility index (Phi) is 11.2. The quantitative estimate of drug-likeness (QED) is 0.157. The summed E-state index contributed by atoms with van der Waals surface area (Å²) in [4.78, 5) is 20.4. The molecule has 5 saturated heterocycles. The molecule has 0 radical (unpaired) electrons. The maximum Gasteiger partial charge on any atom is 0.237 e. The summed E-state index contributed by atoms with van der Waals surface area (Å²) >= 11 is 0. The standard InChI is InChI=1S/C30H56N8O5/c1-20-27(43-19-32-20)18-42-25-4-3-22-14-37(6-5-21(22)11-25)15-24(39)13-31-29(40)26-12-28(33-23-16-41-17-23)35-30(34-26)38-9-7-36(2)8-10-38/h20-28,30,32-35,39H,3-19H2,1-2H3,(H,31,40)/t20?,21?,22?,24-,25?,26?,27?,28?,30?/m0/s1. The van der Waals surface area contributed by atoms with Gasteiger partial charge in [-0.05, 0) is 58.0 Å². The van der Waals surface area contributed by atoms with Gasteiger partial charge in [0.2, 0.25) is 5.91 Å². The highest BCUT2D eigenvalue weighted by atomic mass is 16.5. The van der Waals surface area contributed by atoms with Gasteiger partial charge in [-0.25, -0.2) is 0 Å². The number of ether oxygens (including phenoxy) is 3. The Morgan fingerprint density at radius 1 is 1.07 bits per heavy atom. The first-order chi connectivity index (χ1) is 20.9. The van der Waals surface area contributed by atoms with E-state index >= 15 is 0 Å². The number of amides is 1. The third kappa shape index (κ3) is 8.64. The van der Waals surface area contributed by atoms with Gasteiger partial charge < -0.3 is 34.4 Å². The number of hydrogen-bond donors (Lipinski definition) is 6. The zero-order valence-corrected chi connectivity index (χ0v) is 26.2. The first-order valence-corrected chi connectivity index (χ1v) is 16.8. The number of aliphatic hydroxyl groups excluding tert-OH is 1. The Labute approximate surface area is 257 Å². The average Bonchev–Trinajstić information content (AvgIpc) is 3.41. The second kappa shape index (κ2) is 15.1. The molecule has 5 aliphatic heterocycles. The van der Waals surface area contributed by atoms with E-state index in [9.17, 15) is 9.90 Å². The van der Waals surface area contributed by atoms with Crippen molar-refractivity contribution >= 4 is 5.91 Å². The van der Waals surface area contributed by atoms with Crippen molar-refractivity contribution in [2.75, 3.05) is 86.0 Å². The fraction of sp³-hybridized carbons (Fsp3) is 0.967. The maximum atomic E-state index is 13.3. The minimum absolute atomic E-state index is 0.0267.